The molecule has 10 heteroatoms. The van der Waals surface area contributed by atoms with Crippen molar-refractivity contribution in [1.82, 2.24) is 9.80 Å². The quantitative estimate of drug-likeness (QED) is 0.802. The highest BCUT2D eigenvalue weighted by atomic mass is 35.5. The number of carbonyl (C=O) groups is 2. The van der Waals surface area contributed by atoms with Crippen LogP contribution in [0.3, 0.4) is 0 Å². The second-order valence-electron chi connectivity index (χ2n) is 7.46. The van der Waals surface area contributed by atoms with Crippen molar-refractivity contribution >= 4 is 24.5 Å². The first-order chi connectivity index (χ1) is 12.4. The molecule has 1 aromatic carbocycles. The minimum Gasteiger partial charge on any atom is -0.480 e. The van der Waals surface area contributed by atoms with Gasteiger partial charge in [0.05, 0.1) is 5.56 Å². The number of ether oxygens (including phenoxy) is 1. The van der Waals surface area contributed by atoms with Gasteiger partial charge in [0.2, 0.25) is 0 Å². The first-order valence-corrected chi connectivity index (χ1v) is 8.48. The smallest absolute Gasteiger partial charge is 0.416 e. The number of amides is 1. The number of aliphatic carboxylic acids is 1. The van der Waals surface area contributed by atoms with Crippen LogP contribution in [0.1, 0.15) is 31.9 Å². The molecule has 0 spiro atoms. The maximum absolute atomic E-state index is 12.6. The molecule has 0 radical (unpaired) electrons. The van der Waals surface area contributed by atoms with Crippen LogP contribution < -0.4 is 0 Å². The van der Waals surface area contributed by atoms with Gasteiger partial charge in [-0.05, 0) is 38.5 Å². The maximum Gasteiger partial charge on any atom is 0.416 e. The summed E-state index contributed by atoms with van der Waals surface area (Å²) < 4.78 is 43.1. The highest BCUT2D eigenvalue weighted by Gasteiger charge is 2.37. The van der Waals surface area contributed by atoms with Crippen LogP contribution in [-0.2, 0) is 22.3 Å². The standard InChI is InChI=1S/C18H23F3N2O4.ClH/c1-17(2,3)27-16(26)23-9-8-22(11-14(23)15(24)25)10-12-4-6-13(7-5-12)18(19,20)21;/h4-7,14H,8-11H2,1-3H3,(H,24,25);1H. The summed E-state index contributed by atoms with van der Waals surface area (Å²) in [5.41, 5.74) is -0.834. The maximum atomic E-state index is 12.6. The van der Waals surface area contributed by atoms with Crippen LogP contribution in [-0.4, -0.2) is 58.2 Å². The lowest BCUT2D eigenvalue weighted by atomic mass is 10.1. The van der Waals surface area contributed by atoms with E-state index in [2.05, 4.69) is 0 Å². The molecular weight excluding hydrogens is 401 g/mol. The fraction of sp³-hybridized carbons (Fsp3) is 0.556. The van der Waals surface area contributed by atoms with Gasteiger partial charge in [-0.15, -0.1) is 12.4 Å². The number of hydrogen-bond donors (Lipinski definition) is 1. The van der Waals surface area contributed by atoms with Crippen molar-refractivity contribution in [3.05, 3.63) is 35.4 Å². The fourth-order valence-electron chi connectivity index (χ4n) is 2.79. The highest BCUT2D eigenvalue weighted by Crippen LogP contribution is 2.29. The lowest BCUT2D eigenvalue weighted by Crippen LogP contribution is -2.58. The Balaban J connectivity index is 0.00000392. The van der Waals surface area contributed by atoms with Gasteiger partial charge in [-0.25, -0.2) is 9.59 Å². The average molecular weight is 425 g/mol. The topological polar surface area (TPSA) is 70.1 Å². The van der Waals surface area contributed by atoms with E-state index in [1.165, 1.54) is 17.0 Å². The Labute approximate surface area is 167 Å². The van der Waals surface area contributed by atoms with Crippen molar-refractivity contribution in [3.8, 4) is 0 Å². The molecule has 0 aliphatic carbocycles. The van der Waals surface area contributed by atoms with Gasteiger partial charge in [0.1, 0.15) is 11.6 Å². The lowest BCUT2D eigenvalue weighted by molar-refractivity contribution is -0.145. The molecule has 1 N–H and O–H groups in total. The molecule has 1 saturated heterocycles. The number of benzene rings is 1. The van der Waals surface area contributed by atoms with Crippen LogP contribution in [0.25, 0.3) is 0 Å². The molecule has 0 saturated carbocycles. The molecule has 2 rings (SSSR count). The molecule has 1 atom stereocenters. The molecule has 1 aliphatic heterocycles. The number of nitrogens with zero attached hydrogens (tertiary/aromatic N) is 2. The van der Waals surface area contributed by atoms with Crippen molar-refractivity contribution < 1.29 is 32.6 Å². The van der Waals surface area contributed by atoms with E-state index in [1.54, 1.807) is 25.7 Å². The molecule has 158 valence electrons. The predicted molar refractivity (Wildman–Crippen MR) is 98.3 cm³/mol. The van der Waals surface area contributed by atoms with E-state index >= 15 is 0 Å². The van der Waals surface area contributed by atoms with Gasteiger partial charge in [0.15, 0.2) is 0 Å². The van der Waals surface area contributed by atoms with E-state index in [-0.39, 0.29) is 25.5 Å². The Morgan fingerprint density at radius 2 is 1.71 bits per heavy atom. The number of carboxylic acids is 1. The Hall–Kier alpha value is -2.00. The molecule has 1 aliphatic rings. The normalized spacial score (nSPS) is 18.4. The van der Waals surface area contributed by atoms with Crippen molar-refractivity contribution in [2.24, 2.45) is 0 Å². The largest absolute Gasteiger partial charge is 0.480 e. The van der Waals surface area contributed by atoms with Gasteiger partial charge in [-0.1, -0.05) is 12.1 Å². The summed E-state index contributed by atoms with van der Waals surface area (Å²) in [4.78, 5) is 26.8. The van der Waals surface area contributed by atoms with Gasteiger partial charge in [-0.2, -0.15) is 13.2 Å². The number of piperazine rings is 1. The van der Waals surface area contributed by atoms with Crippen molar-refractivity contribution in [2.75, 3.05) is 19.6 Å². The third-order valence-electron chi connectivity index (χ3n) is 4.06. The zero-order valence-electron chi connectivity index (χ0n) is 15.8. The number of hydrogen-bond acceptors (Lipinski definition) is 4. The summed E-state index contributed by atoms with van der Waals surface area (Å²) in [5.74, 6) is -1.15. The van der Waals surface area contributed by atoms with Crippen LogP contribution in [0, 0.1) is 0 Å². The van der Waals surface area contributed by atoms with E-state index < -0.39 is 35.4 Å². The zero-order valence-corrected chi connectivity index (χ0v) is 16.6. The van der Waals surface area contributed by atoms with Gasteiger partial charge >= 0.3 is 18.2 Å². The fourth-order valence-corrected chi connectivity index (χ4v) is 2.79. The number of carboxylic acid groups (broad SMARTS) is 1. The van der Waals surface area contributed by atoms with E-state index in [4.69, 9.17) is 4.74 Å². The first kappa shape index (κ1) is 24.0. The third kappa shape index (κ3) is 6.56. The van der Waals surface area contributed by atoms with Gasteiger partial charge in [0, 0.05) is 26.2 Å². The minimum absolute atomic E-state index is 0. The minimum atomic E-state index is -4.40. The summed E-state index contributed by atoms with van der Waals surface area (Å²) in [6.45, 7) is 6.00. The first-order valence-electron chi connectivity index (χ1n) is 8.48. The number of rotatable bonds is 3. The van der Waals surface area contributed by atoms with Crippen molar-refractivity contribution in [1.29, 1.82) is 0 Å². The third-order valence-corrected chi connectivity index (χ3v) is 4.06. The van der Waals surface area contributed by atoms with Gasteiger partial charge < -0.3 is 9.84 Å². The van der Waals surface area contributed by atoms with E-state index in [9.17, 15) is 27.9 Å². The Morgan fingerprint density at radius 1 is 1.14 bits per heavy atom. The Kier molecular flexibility index (Phi) is 7.73. The molecule has 6 nitrogen and oxygen atoms in total. The zero-order chi connectivity index (χ0) is 20.4. The van der Waals surface area contributed by atoms with Crippen LogP contribution in [0.5, 0.6) is 0 Å². The number of carbonyl (C=O) groups excluding carboxylic acids is 1. The summed E-state index contributed by atoms with van der Waals surface area (Å²) in [6, 6.07) is 3.67. The highest BCUT2D eigenvalue weighted by molar-refractivity contribution is 5.85. The average Bonchev–Trinajstić information content (AvgIpc) is 2.52. The molecule has 1 heterocycles. The molecule has 1 aromatic rings. The molecular formula is C18H24ClF3N2O4. The van der Waals surface area contributed by atoms with E-state index in [0.29, 0.717) is 18.7 Å². The predicted octanol–water partition coefficient (Wildman–Crippen LogP) is 3.63. The summed E-state index contributed by atoms with van der Waals surface area (Å²) in [7, 11) is 0. The molecule has 0 aromatic heterocycles. The molecule has 1 amide bonds. The van der Waals surface area contributed by atoms with Gasteiger partial charge in [-0.3, -0.25) is 9.80 Å². The lowest BCUT2D eigenvalue weighted by Gasteiger charge is -2.39. The summed E-state index contributed by atoms with van der Waals surface area (Å²) in [5, 5.41) is 9.46. The monoisotopic (exact) mass is 424 g/mol. The number of alkyl halides is 3. The molecule has 28 heavy (non-hydrogen) atoms. The number of halogens is 4. The summed E-state index contributed by atoms with van der Waals surface area (Å²) in [6.07, 6.45) is -5.09. The second-order valence-corrected chi connectivity index (χ2v) is 7.46. The molecule has 0 bridgehead atoms. The van der Waals surface area contributed by atoms with Crippen LogP contribution in [0.15, 0.2) is 24.3 Å². The van der Waals surface area contributed by atoms with Crippen molar-refractivity contribution in [3.63, 3.8) is 0 Å². The van der Waals surface area contributed by atoms with Gasteiger partial charge in [0.25, 0.3) is 0 Å². The Bertz CT molecular complexity index is 690. The van der Waals surface area contributed by atoms with Crippen LogP contribution >= 0.6 is 12.4 Å². The SMILES string of the molecule is CC(C)(C)OC(=O)N1CCN(Cc2ccc(C(F)(F)F)cc2)CC1C(=O)O.Cl. The molecule has 1 unspecified atom stereocenters. The van der Waals surface area contributed by atoms with E-state index in [0.717, 1.165) is 12.1 Å². The summed E-state index contributed by atoms with van der Waals surface area (Å²) >= 11 is 0. The van der Waals surface area contributed by atoms with Crippen LogP contribution in [0.2, 0.25) is 0 Å². The van der Waals surface area contributed by atoms with E-state index in [1.807, 2.05) is 0 Å². The van der Waals surface area contributed by atoms with Crippen molar-refractivity contribution in [2.45, 2.75) is 45.1 Å². The Morgan fingerprint density at radius 3 is 2.18 bits per heavy atom. The second kappa shape index (κ2) is 9.00. The molecule has 1 fully saturated rings. The van der Waals surface area contributed by atoms with Crippen LogP contribution in [0.4, 0.5) is 18.0 Å².